The Labute approximate surface area is 195 Å². The van der Waals surface area contributed by atoms with E-state index in [0.29, 0.717) is 7.36 Å². The van der Waals surface area contributed by atoms with Gasteiger partial charge in [-0.05, 0) is 36.8 Å². The van der Waals surface area contributed by atoms with Gasteiger partial charge in [-0.1, -0.05) is 68.8 Å². The van der Waals surface area contributed by atoms with E-state index in [2.05, 4.69) is 13.8 Å². The highest BCUT2D eigenvalue weighted by molar-refractivity contribution is 8.27. The standard InChI is InChI=1S/C21H32NO4PS3/c1-4-7-14-29-21(27-28,30-15-8-5-2)22(16-19(23)25-6-3)20(24)26-17-18-12-10-9-11-13-18/h9-13H,4-8,14-17H2,1-3H3. The predicted octanol–water partition coefficient (Wildman–Crippen LogP) is 6.27. The summed E-state index contributed by atoms with van der Waals surface area (Å²) in [5.74, 6) is 1.25. The van der Waals surface area contributed by atoms with Gasteiger partial charge >= 0.3 is 12.1 Å². The summed E-state index contributed by atoms with van der Waals surface area (Å²) in [6.45, 7) is 6.23. The van der Waals surface area contributed by atoms with E-state index >= 15 is 0 Å². The quantitative estimate of drug-likeness (QED) is 0.124. The summed E-state index contributed by atoms with van der Waals surface area (Å²) in [4.78, 5) is 26.9. The van der Waals surface area contributed by atoms with Crippen molar-refractivity contribution in [2.75, 3.05) is 24.7 Å². The number of esters is 1. The number of carbonyl (C=O) groups excluding carboxylic acids is 2. The van der Waals surface area contributed by atoms with Crippen LogP contribution < -0.4 is 0 Å². The maximum atomic E-state index is 13.1. The molecule has 1 amide bonds. The van der Waals surface area contributed by atoms with E-state index in [0.717, 1.165) is 42.8 Å². The molecule has 0 aliphatic rings. The molecule has 168 valence electrons. The fraction of sp³-hybridized carbons (Fsp3) is 0.619. The lowest BCUT2D eigenvalue weighted by Crippen LogP contribution is -2.47. The minimum atomic E-state index is -0.764. The van der Waals surface area contributed by atoms with Gasteiger partial charge in [0.1, 0.15) is 13.2 Å². The van der Waals surface area contributed by atoms with E-state index in [4.69, 9.17) is 21.3 Å². The van der Waals surface area contributed by atoms with Crippen LogP contribution in [0, 0.1) is 0 Å². The van der Waals surface area contributed by atoms with Crippen molar-refractivity contribution in [1.82, 2.24) is 4.90 Å². The Bertz CT molecular complexity index is 638. The van der Waals surface area contributed by atoms with Gasteiger partial charge in [0.2, 0.25) is 0 Å². The van der Waals surface area contributed by atoms with Gasteiger partial charge in [-0.15, -0.1) is 23.5 Å². The molecule has 0 spiro atoms. The molecule has 5 nitrogen and oxygen atoms in total. The van der Waals surface area contributed by atoms with Crippen molar-refractivity contribution in [2.24, 2.45) is 0 Å². The molecular formula is C21H32NO4PS3. The Hall–Kier alpha value is -0.820. The lowest BCUT2D eigenvalue weighted by Gasteiger charge is -2.38. The van der Waals surface area contributed by atoms with Crippen LogP contribution in [0.4, 0.5) is 4.79 Å². The number of carbonyl (C=O) groups is 2. The third-order valence-electron chi connectivity index (χ3n) is 4.05. The Morgan fingerprint density at radius 1 is 1.03 bits per heavy atom. The van der Waals surface area contributed by atoms with Crippen molar-refractivity contribution in [1.29, 1.82) is 0 Å². The van der Waals surface area contributed by atoms with Gasteiger partial charge in [0, 0.05) is 7.36 Å². The fourth-order valence-corrected chi connectivity index (χ4v) is 7.70. The second kappa shape index (κ2) is 15.9. The van der Waals surface area contributed by atoms with E-state index in [9.17, 15) is 9.59 Å². The fourth-order valence-electron chi connectivity index (χ4n) is 2.41. The summed E-state index contributed by atoms with van der Waals surface area (Å²) >= 11 is 8.76. The highest BCUT2D eigenvalue weighted by atomic mass is 32.4. The summed E-state index contributed by atoms with van der Waals surface area (Å²) in [5.41, 5.74) is 0.890. The lowest BCUT2D eigenvalue weighted by atomic mass is 10.2. The van der Waals surface area contributed by atoms with Crippen molar-refractivity contribution in [3.05, 3.63) is 35.9 Å². The first-order valence-electron chi connectivity index (χ1n) is 10.3. The van der Waals surface area contributed by atoms with Gasteiger partial charge in [0.15, 0.2) is 3.94 Å². The Balaban J connectivity index is 3.09. The molecule has 0 bridgehead atoms. The van der Waals surface area contributed by atoms with Gasteiger partial charge in [0.05, 0.1) is 6.61 Å². The largest absolute Gasteiger partial charge is 0.465 e. The summed E-state index contributed by atoms with van der Waals surface area (Å²) in [6.07, 6.45) is 3.58. The molecule has 0 fully saturated rings. The van der Waals surface area contributed by atoms with Crippen LogP contribution in [-0.4, -0.2) is 45.6 Å². The number of ether oxygens (including phenoxy) is 2. The molecule has 30 heavy (non-hydrogen) atoms. The summed E-state index contributed by atoms with van der Waals surface area (Å²) in [7, 11) is 0.588. The van der Waals surface area contributed by atoms with Crippen LogP contribution in [0.1, 0.15) is 52.0 Å². The van der Waals surface area contributed by atoms with Gasteiger partial charge < -0.3 is 9.47 Å². The van der Waals surface area contributed by atoms with E-state index in [1.807, 2.05) is 30.3 Å². The molecule has 0 radical (unpaired) electrons. The number of hydrogen-bond acceptors (Lipinski definition) is 7. The van der Waals surface area contributed by atoms with Crippen LogP contribution in [0.15, 0.2) is 30.3 Å². The average molecular weight is 490 g/mol. The molecule has 9 heteroatoms. The molecule has 0 atom stereocenters. The minimum absolute atomic E-state index is 0.142. The van der Waals surface area contributed by atoms with Crippen LogP contribution in [0.2, 0.25) is 0 Å². The molecule has 0 aliphatic heterocycles. The first kappa shape index (κ1) is 27.2. The topological polar surface area (TPSA) is 55.8 Å². The molecule has 0 aromatic heterocycles. The number of nitrogens with zero attached hydrogens (tertiary/aromatic N) is 1. The minimum Gasteiger partial charge on any atom is -0.465 e. The smallest absolute Gasteiger partial charge is 0.413 e. The highest BCUT2D eigenvalue weighted by Gasteiger charge is 2.42. The first-order valence-corrected chi connectivity index (χ1v) is 14.2. The molecule has 0 aliphatic carbocycles. The number of thioether (sulfide) groups is 2. The number of unbranched alkanes of at least 4 members (excludes halogenated alkanes) is 2. The maximum absolute atomic E-state index is 13.1. The van der Waals surface area contributed by atoms with Crippen molar-refractivity contribution in [3.63, 3.8) is 0 Å². The third kappa shape index (κ3) is 9.54. The number of rotatable bonds is 15. The first-order chi connectivity index (χ1) is 14.5. The Kier molecular flexibility index (Phi) is 14.4. The van der Waals surface area contributed by atoms with Crippen molar-refractivity contribution in [2.45, 2.75) is 57.0 Å². The van der Waals surface area contributed by atoms with Crippen LogP contribution in [0.3, 0.4) is 0 Å². The molecule has 0 saturated carbocycles. The second-order valence-corrected chi connectivity index (χ2v) is 11.3. The molecular weight excluding hydrogens is 457 g/mol. The third-order valence-corrected chi connectivity index (χ3v) is 10.2. The zero-order valence-corrected chi connectivity index (χ0v) is 21.3. The Morgan fingerprint density at radius 3 is 2.13 bits per heavy atom. The molecule has 1 aromatic rings. The molecule has 0 unspecified atom stereocenters. The maximum Gasteiger partial charge on any atom is 0.413 e. The van der Waals surface area contributed by atoms with E-state index < -0.39 is 16.0 Å². The highest BCUT2D eigenvalue weighted by Crippen LogP contribution is 2.50. The summed E-state index contributed by atoms with van der Waals surface area (Å²) in [5, 5.41) is 0. The summed E-state index contributed by atoms with van der Waals surface area (Å²) < 4.78 is 9.96. The predicted molar refractivity (Wildman–Crippen MR) is 132 cm³/mol. The van der Waals surface area contributed by atoms with Crippen molar-refractivity contribution >= 4 is 54.7 Å². The molecule has 1 rings (SSSR count). The van der Waals surface area contributed by atoms with E-state index in [1.54, 1.807) is 30.4 Å². The van der Waals surface area contributed by atoms with Crippen LogP contribution >= 0.6 is 30.9 Å². The Morgan fingerprint density at radius 2 is 1.63 bits per heavy atom. The normalized spacial score (nSPS) is 11.3. The van der Waals surface area contributed by atoms with Crippen LogP contribution in [0.5, 0.6) is 0 Å². The zero-order chi connectivity index (χ0) is 22.2. The van der Waals surface area contributed by atoms with E-state index in [1.165, 1.54) is 4.90 Å². The molecule has 0 saturated heterocycles. The molecule has 1 aromatic carbocycles. The number of hydrogen-bond donors (Lipinski definition) is 0. The SMILES string of the molecule is CCCCSC(P=S)(SCCCC)N(CC(=O)OCC)C(=O)OCc1ccccc1. The number of benzene rings is 1. The zero-order valence-electron chi connectivity index (χ0n) is 18.0. The second-order valence-electron chi connectivity index (χ2n) is 6.48. The summed E-state index contributed by atoms with van der Waals surface area (Å²) in [6, 6.07) is 9.50. The molecule has 0 heterocycles. The lowest BCUT2D eigenvalue weighted by molar-refractivity contribution is -0.144. The van der Waals surface area contributed by atoms with Crippen LogP contribution in [0.25, 0.3) is 0 Å². The average Bonchev–Trinajstić information content (AvgIpc) is 2.76. The number of amides is 1. The van der Waals surface area contributed by atoms with Gasteiger partial charge in [0.25, 0.3) is 0 Å². The van der Waals surface area contributed by atoms with Gasteiger partial charge in [-0.2, -0.15) is 0 Å². The van der Waals surface area contributed by atoms with Gasteiger partial charge in [-0.3, -0.25) is 9.69 Å². The van der Waals surface area contributed by atoms with Crippen LogP contribution in [-0.2, 0) is 32.7 Å². The van der Waals surface area contributed by atoms with Gasteiger partial charge in [-0.25, -0.2) is 4.79 Å². The monoisotopic (exact) mass is 489 g/mol. The molecule has 0 N–H and O–H groups in total. The van der Waals surface area contributed by atoms with Crippen molar-refractivity contribution < 1.29 is 19.1 Å². The van der Waals surface area contributed by atoms with E-state index in [-0.39, 0.29) is 19.8 Å². The van der Waals surface area contributed by atoms with Crippen molar-refractivity contribution in [3.8, 4) is 0 Å².